The largest absolute Gasteiger partial charge is 0.492 e. The number of carbonyl (C=O) groups is 1. The molecule has 2 N–H and O–H groups in total. The molecule has 0 bridgehead atoms. The van der Waals surface area contributed by atoms with Crippen molar-refractivity contribution < 1.29 is 9.53 Å². The van der Waals surface area contributed by atoms with E-state index in [-0.39, 0.29) is 17.9 Å². The van der Waals surface area contributed by atoms with Gasteiger partial charge in [-0.15, -0.1) is 0 Å². The van der Waals surface area contributed by atoms with Crippen LogP contribution in [0, 0.1) is 0 Å². The lowest BCUT2D eigenvalue weighted by Crippen LogP contribution is -2.39. The minimum Gasteiger partial charge on any atom is -0.492 e. The second kappa shape index (κ2) is 4.37. The molecule has 4 nitrogen and oxygen atoms in total. The normalized spacial score (nSPS) is 26.4. The number of fused-ring (bicyclic) bond motifs is 1. The number of para-hydroxylation sites is 1. The number of hydrogen-bond donors (Lipinski definition) is 2. The highest BCUT2D eigenvalue weighted by Crippen LogP contribution is 2.33. The van der Waals surface area contributed by atoms with E-state index in [0.717, 1.165) is 30.8 Å². The van der Waals surface area contributed by atoms with Gasteiger partial charge in [-0.2, -0.15) is 0 Å². The Kier molecular flexibility index (Phi) is 2.73. The first-order valence-electron chi connectivity index (χ1n) is 6.07. The molecule has 4 heteroatoms. The van der Waals surface area contributed by atoms with E-state index in [1.165, 1.54) is 0 Å². The first-order chi connectivity index (χ1) is 8.34. The van der Waals surface area contributed by atoms with Crippen molar-refractivity contribution in [3.8, 4) is 5.75 Å². The molecule has 90 valence electrons. The summed E-state index contributed by atoms with van der Waals surface area (Å²) in [5.74, 6) is 0.785. The van der Waals surface area contributed by atoms with E-state index in [0.29, 0.717) is 6.61 Å². The van der Waals surface area contributed by atoms with Gasteiger partial charge in [0, 0.05) is 18.2 Å². The van der Waals surface area contributed by atoms with E-state index >= 15 is 0 Å². The van der Waals surface area contributed by atoms with Gasteiger partial charge in [-0.25, -0.2) is 0 Å². The molecule has 1 aromatic carbocycles. The molecule has 0 aliphatic carbocycles. The van der Waals surface area contributed by atoms with Gasteiger partial charge in [0.15, 0.2) is 0 Å². The molecule has 2 atom stereocenters. The van der Waals surface area contributed by atoms with E-state index in [4.69, 9.17) is 4.74 Å². The molecule has 17 heavy (non-hydrogen) atoms. The summed E-state index contributed by atoms with van der Waals surface area (Å²) in [5, 5.41) is 6.32. The number of rotatable bonds is 2. The van der Waals surface area contributed by atoms with Crippen molar-refractivity contribution in [3.05, 3.63) is 29.8 Å². The van der Waals surface area contributed by atoms with Gasteiger partial charge in [0.05, 0.1) is 0 Å². The molecule has 0 saturated carbocycles. The standard InChI is InChI=1S/C13H16N2O2/c16-13(15-9-5-6-14-7-9)11-8-17-12-4-2-1-3-10(11)12/h1-4,9,11,14H,5-8H2,(H,15,16). The van der Waals surface area contributed by atoms with Crippen molar-refractivity contribution in [1.82, 2.24) is 10.6 Å². The van der Waals surface area contributed by atoms with Gasteiger partial charge in [0.2, 0.25) is 5.91 Å². The summed E-state index contributed by atoms with van der Waals surface area (Å²) < 4.78 is 5.52. The first kappa shape index (κ1) is 10.6. The number of hydrogen-bond acceptors (Lipinski definition) is 3. The van der Waals surface area contributed by atoms with Crippen LogP contribution in [0.2, 0.25) is 0 Å². The molecule has 3 rings (SSSR count). The lowest BCUT2D eigenvalue weighted by Gasteiger charge is -2.14. The van der Waals surface area contributed by atoms with Crippen LogP contribution in [0.25, 0.3) is 0 Å². The van der Waals surface area contributed by atoms with Crippen molar-refractivity contribution in [2.75, 3.05) is 19.7 Å². The summed E-state index contributed by atoms with van der Waals surface area (Å²) in [6, 6.07) is 8.04. The highest BCUT2D eigenvalue weighted by atomic mass is 16.5. The van der Waals surface area contributed by atoms with E-state index in [9.17, 15) is 4.79 Å². The lowest BCUT2D eigenvalue weighted by atomic mass is 10.00. The van der Waals surface area contributed by atoms with Crippen LogP contribution in [0.1, 0.15) is 17.9 Å². The van der Waals surface area contributed by atoms with Crippen molar-refractivity contribution in [1.29, 1.82) is 0 Å². The molecule has 0 spiro atoms. The smallest absolute Gasteiger partial charge is 0.231 e. The van der Waals surface area contributed by atoms with E-state index in [1.807, 2.05) is 24.3 Å². The van der Waals surface area contributed by atoms with Crippen molar-refractivity contribution in [2.24, 2.45) is 0 Å². The number of ether oxygens (including phenoxy) is 1. The number of carbonyl (C=O) groups excluding carboxylic acids is 1. The quantitative estimate of drug-likeness (QED) is 0.786. The average Bonchev–Trinajstić information content (AvgIpc) is 2.96. The predicted molar refractivity (Wildman–Crippen MR) is 64.1 cm³/mol. The summed E-state index contributed by atoms with van der Waals surface area (Å²) in [6.45, 7) is 2.33. The predicted octanol–water partition coefficient (Wildman–Crippen LogP) is 0.641. The second-order valence-corrected chi connectivity index (χ2v) is 4.60. The van der Waals surface area contributed by atoms with E-state index in [2.05, 4.69) is 10.6 Å². The third-order valence-electron chi connectivity index (χ3n) is 3.42. The Morgan fingerprint density at radius 2 is 2.29 bits per heavy atom. The Labute approximate surface area is 100 Å². The zero-order valence-corrected chi connectivity index (χ0v) is 9.61. The van der Waals surface area contributed by atoms with Crippen LogP contribution in [0.5, 0.6) is 5.75 Å². The van der Waals surface area contributed by atoms with E-state index in [1.54, 1.807) is 0 Å². The maximum atomic E-state index is 12.1. The molecule has 0 aromatic heterocycles. The van der Waals surface area contributed by atoms with Crippen molar-refractivity contribution in [3.63, 3.8) is 0 Å². The van der Waals surface area contributed by atoms with Crippen LogP contribution in [0.4, 0.5) is 0 Å². The highest BCUT2D eigenvalue weighted by molar-refractivity contribution is 5.85. The Balaban J connectivity index is 1.71. The van der Waals surface area contributed by atoms with Crippen LogP contribution in [-0.2, 0) is 4.79 Å². The summed E-state index contributed by atoms with van der Waals surface area (Å²) in [4.78, 5) is 12.1. The third-order valence-corrected chi connectivity index (χ3v) is 3.42. The number of benzene rings is 1. The summed E-state index contributed by atoms with van der Waals surface area (Å²) in [5.41, 5.74) is 1.01. The summed E-state index contributed by atoms with van der Waals surface area (Å²) in [6.07, 6.45) is 1.01. The van der Waals surface area contributed by atoms with Crippen LogP contribution in [0.3, 0.4) is 0 Å². The summed E-state index contributed by atoms with van der Waals surface area (Å²) in [7, 11) is 0. The average molecular weight is 232 g/mol. The Hall–Kier alpha value is -1.55. The molecule has 1 aromatic rings. The summed E-state index contributed by atoms with van der Waals surface area (Å²) >= 11 is 0. The lowest BCUT2D eigenvalue weighted by molar-refractivity contribution is -0.123. The minimum absolute atomic E-state index is 0.0867. The molecule has 1 saturated heterocycles. The van der Waals surface area contributed by atoms with Gasteiger partial charge < -0.3 is 15.4 Å². The maximum Gasteiger partial charge on any atom is 0.231 e. The first-order valence-corrected chi connectivity index (χ1v) is 6.07. The fourth-order valence-corrected chi connectivity index (χ4v) is 2.46. The van der Waals surface area contributed by atoms with Gasteiger partial charge >= 0.3 is 0 Å². The van der Waals surface area contributed by atoms with Crippen molar-refractivity contribution in [2.45, 2.75) is 18.4 Å². The molecule has 0 radical (unpaired) electrons. The molecular weight excluding hydrogens is 216 g/mol. The highest BCUT2D eigenvalue weighted by Gasteiger charge is 2.31. The zero-order chi connectivity index (χ0) is 11.7. The number of nitrogens with one attached hydrogen (secondary N) is 2. The second-order valence-electron chi connectivity index (χ2n) is 4.60. The molecule has 2 unspecified atom stereocenters. The maximum absolute atomic E-state index is 12.1. The van der Waals surface area contributed by atoms with Crippen molar-refractivity contribution >= 4 is 5.91 Å². The SMILES string of the molecule is O=C(NC1CCNC1)C1COc2ccccc21. The Morgan fingerprint density at radius 3 is 3.12 bits per heavy atom. The molecular formula is C13H16N2O2. The topological polar surface area (TPSA) is 50.4 Å². The van der Waals surface area contributed by atoms with Gasteiger partial charge in [0.1, 0.15) is 18.3 Å². The fraction of sp³-hybridized carbons (Fsp3) is 0.462. The third kappa shape index (κ3) is 2.00. The van der Waals surface area contributed by atoms with Crippen LogP contribution in [0.15, 0.2) is 24.3 Å². The van der Waals surface area contributed by atoms with Gasteiger partial charge in [-0.05, 0) is 19.0 Å². The van der Waals surface area contributed by atoms with Gasteiger partial charge in [0.25, 0.3) is 0 Å². The monoisotopic (exact) mass is 232 g/mol. The molecule has 2 heterocycles. The molecule has 1 fully saturated rings. The van der Waals surface area contributed by atoms with Crippen LogP contribution >= 0.6 is 0 Å². The fourth-order valence-electron chi connectivity index (χ4n) is 2.46. The van der Waals surface area contributed by atoms with Gasteiger partial charge in [-0.3, -0.25) is 4.79 Å². The number of amides is 1. The van der Waals surface area contributed by atoms with Crippen LogP contribution in [-0.4, -0.2) is 31.6 Å². The Bertz CT molecular complexity index is 427. The van der Waals surface area contributed by atoms with Crippen LogP contribution < -0.4 is 15.4 Å². The molecule has 2 aliphatic heterocycles. The van der Waals surface area contributed by atoms with E-state index < -0.39 is 0 Å². The molecule has 2 aliphatic rings. The molecule has 1 amide bonds. The zero-order valence-electron chi connectivity index (χ0n) is 9.61. The minimum atomic E-state index is -0.146. The van der Waals surface area contributed by atoms with Gasteiger partial charge in [-0.1, -0.05) is 18.2 Å². The Morgan fingerprint density at radius 1 is 1.41 bits per heavy atom.